The molecule has 2 rings (SSSR count). The molecule has 0 bridgehead atoms. The van der Waals surface area contributed by atoms with E-state index in [-0.39, 0.29) is 0 Å². The Morgan fingerprint density at radius 2 is 2.00 bits per heavy atom. The lowest BCUT2D eigenvalue weighted by molar-refractivity contribution is -0.732. The van der Waals surface area contributed by atoms with E-state index in [4.69, 9.17) is 9.47 Å². The smallest absolute Gasteiger partial charge is 0.245 e. The maximum Gasteiger partial charge on any atom is 0.245 e. The van der Waals surface area contributed by atoms with E-state index in [0.29, 0.717) is 13.3 Å². The number of unbranched alkanes of at least 4 members (excludes halogenated alkanes) is 1. The number of imidazole rings is 1. The van der Waals surface area contributed by atoms with Crippen molar-refractivity contribution in [2.24, 2.45) is 0 Å². The summed E-state index contributed by atoms with van der Waals surface area (Å²) in [5.41, 5.74) is 0. The molecule has 0 aliphatic rings. The minimum absolute atomic E-state index is 0.618. The second kappa shape index (κ2) is 8.38. The highest BCUT2D eigenvalue weighted by molar-refractivity contribution is 5.20. The number of ether oxygens (including phenoxy) is 2. The third-order valence-electron chi connectivity index (χ3n) is 2.99. The van der Waals surface area contributed by atoms with Gasteiger partial charge in [0.1, 0.15) is 31.3 Å². The summed E-state index contributed by atoms with van der Waals surface area (Å²) in [5.74, 6) is 0.912. The second-order valence-corrected chi connectivity index (χ2v) is 4.72. The molecule has 0 unspecified atom stereocenters. The van der Waals surface area contributed by atoms with Crippen molar-refractivity contribution in [1.82, 2.24) is 4.57 Å². The lowest BCUT2D eigenvalue weighted by atomic mass is 10.3. The van der Waals surface area contributed by atoms with E-state index in [0.717, 1.165) is 25.3 Å². The van der Waals surface area contributed by atoms with Crippen molar-refractivity contribution < 1.29 is 14.0 Å². The maximum atomic E-state index is 5.67. The van der Waals surface area contributed by atoms with Gasteiger partial charge in [-0.05, 0) is 18.6 Å². The zero-order chi connectivity index (χ0) is 14.0. The zero-order valence-electron chi connectivity index (χ0n) is 12.1. The first kappa shape index (κ1) is 14.6. The summed E-state index contributed by atoms with van der Waals surface area (Å²) in [7, 11) is 0. The van der Waals surface area contributed by atoms with Crippen LogP contribution in [-0.2, 0) is 18.0 Å². The number of hydrogen-bond donors (Lipinski definition) is 0. The summed E-state index contributed by atoms with van der Waals surface area (Å²) in [6.07, 6.45) is 8.39. The Balaban J connectivity index is 1.67. The highest BCUT2D eigenvalue weighted by Gasteiger charge is 2.03. The van der Waals surface area contributed by atoms with Crippen LogP contribution in [0.4, 0.5) is 0 Å². The molecule has 0 atom stereocenters. The Bertz CT molecular complexity index is 482. The first-order valence-corrected chi connectivity index (χ1v) is 7.19. The molecule has 4 nitrogen and oxygen atoms in total. The van der Waals surface area contributed by atoms with Gasteiger partial charge in [0.2, 0.25) is 6.33 Å². The summed E-state index contributed by atoms with van der Waals surface area (Å²) in [6, 6.07) is 9.88. The fraction of sp³-hybridized carbons (Fsp3) is 0.438. The van der Waals surface area contributed by atoms with Crippen LogP contribution in [0.25, 0.3) is 0 Å². The van der Waals surface area contributed by atoms with Crippen LogP contribution < -0.4 is 9.30 Å². The normalized spacial score (nSPS) is 10.7. The highest BCUT2D eigenvalue weighted by atomic mass is 16.5. The molecule has 0 N–H and O–H groups in total. The number of nitrogens with zero attached hydrogens (tertiary/aromatic N) is 2. The van der Waals surface area contributed by atoms with Gasteiger partial charge in [0.15, 0.2) is 6.73 Å². The third-order valence-corrected chi connectivity index (χ3v) is 2.99. The molecule has 0 fully saturated rings. The summed E-state index contributed by atoms with van der Waals surface area (Å²) in [6.45, 7) is 5.10. The van der Waals surface area contributed by atoms with Crippen molar-refractivity contribution in [1.29, 1.82) is 0 Å². The van der Waals surface area contributed by atoms with Gasteiger partial charge in [0.25, 0.3) is 0 Å². The molecule has 1 heterocycles. The molecule has 0 radical (unpaired) electrons. The molecule has 0 spiro atoms. The number of rotatable bonds is 9. The first-order chi connectivity index (χ1) is 9.88. The van der Waals surface area contributed by atoms with Gasteiger partial charge in [0, 0.05) is 0 Å². The van der Waals surface area contributed by atoms with E-state index in [1.807, 2.05) is 53.6 Å². The summed E-state index contributed by atoms with van der Waals surface area (Å²) in [4.78, 5) is 0. The molecule has 0 saturated carbocycles. The van der Waals surface area contributed by atoms with Gasteiger partial charge in [-0.15, -0.1) is 0 Å². The number of para-hydroxylation sites is 1. The zero-order valence-corrected chi connectivity index (χ0v) is 12.1. The topological polar surface area (TPSA) is 27.3 Å². The molecule has 1 aromatic carbocycles. The van der Waals surface area contributed by atoms with Crippen LogP contribution in [0, 0.1) is 0 Å². The molecule has 20 heavy (non-hydrogen) atoms. The van der Waals surface area contributed by atoms with Gasteiger partial charge in [-0.25, -0.2) is 9.13 Å². The standard InChI is InChI=1S/C16H23N2O2/c1-2-3-12-19-15-18-10-9-17(14-18)11-13-20-16-7-5-4-6-8-16/h4-10,14H,2-3,11-13,15H2,1H3/q+1. The minimum atomic E-state index is 0.618. The van der Waals surface area contributed by atoms with Gasteiger partial charge in [-0.3, -0.25) is 0 Å². The quantitative estimate of drug-likeness (QED) is 0.519. The van der Waals surface area contributed by atoms with Crippen LogP contribution >= 0.6 is 0 Å². The van der Waals surface area contributed by atoms with Crippen LogP contribution in [0.3, 0.4) is 0 Å². The molecule has 0 amide bonds. The Kier molecular flexibility index (Phi) is 6.11. The van der Waals surface area contributed by atoms with Crippen molar-refractivity contribution in [2.75, 3.05) is 13.2 Å². The fourth-order valence-corrected chi connectivity index (χ4v) is 1.85. The third kappa shape index (κ3) is 5.05. The van der Waals surface area contributed by atoms with E-state index in [2.05, 4.69) is 11.5 Å². The van der Waals surface area contributed by atoms with Crippen LogP contribution in [-0.4, -0.2) is 17.8 Å². The predicted molar refractivity (Wildman–Crippen MR) is 77.4 cm³/mol. The van der Waals surface area contributed by atoms with Gasteiger partial charge in [-0.1, -0.05) is 31.5 Å². The van der Waals surface area contributed by atoms with E-state index in [1.165, 1.54) is 6.42 Å². The Morgan fingerprint density at radius 3 is 2.80 bits per heavy atom. The summed E-state index contributed by atoms with van der Waals surface area (Å²) < 4.78 is 15.4. The van der Waals surface area contributed by atoms with Crippen molar-refractivity contribution in [3.05, 3.63) is 49.1 Å². The average molecular weight is 275 g/mol. The monoisotopic (exact) mass is 275 g/mol. The lowest BCUT2D eigenvalue weighted by Gasteiger charge is -2.03. The Labute approximate surface area is 120 Å². The fourth-order valence-electron chi connectivity index (χ4n) is 1.85. The van der Waals surface area contributed by atoms with Gasteiger partial charge >= 0.3 is 0 Å². The van der Waals surface area contributed by atoms with Crippen LogP contribution in [0.15, 0.2) is 49.1 Å². The van der Waals surface area contributed by atoms with Crippen molar-refractivity contribution in [2.45, 2.75) is 33.0 Å². The largest absolute Gasteiger partial charge is 0.489 e. The predicted octanol–water partition coefficient (Wildman–Crippen LogP) is 2.63. The lowest BCUT2D eigenvalue weighted by Crippen LogP contribution is -2.32. The van der Waals surface area contributed by atoms with E-state index < -0.39 is 0 Å². The van der Waals surface area contributed by atoms with Gasteiger partial charge in [-0.2, -0.15) is 0 Å². The van der Waals surface area contributed by atoms with Gasteiger partial charge < -0.3 is 9.47 Å². The molecule has 108 valence electrons. The van der Waals surface area contributed by atoms with Crippen molar-refractivity contribution in [3.8, 4) is 5.75 Å². The number of benzene rings is 1. The minimum Gasteiger partial charge on any atom is -0.489 e. The Morgan fingerprint density at radius 1 is 1.15 bits per heavy atom. The number of aromatic nitrogens is 2. The van der Waals surface area contributed by atoms with Crippen molar-refractivity contribution in [3.63, 3.8) is 0 Å². The Hall–Kier alpha value is -1.81. The molecular weight excluding hydrogens is 252 g/mol. The number of hydrogen-bond acceptors (Lipinski definition) is 2. The van der Waals surface area contributed by atoms with E-state index >= 15 is 0 Å². The van der Waals surface area contributed by atoms with E-state index in [1.54, 1.807) is 0 Å². The van der Waals surface area contributed by atoms with Crippen molar-refractivity contribution >= 4 is 0 Å². The molecule has 0 aliphatic carbocycles. The van der Waals surface area contributed by atoms with Crippen LogP contribution in [0.5, 0.6) is 5.75 Å². The second-order valence-electron chi connectivity index (χ2n) is 4.72. The molecule has 2 aromatic rings. The summed E-state index contributed by atoms with van der Waals surface area (Å²) >= 11 is 0. The maximum absolute atomic E-state index is 5.67. The highest BCUT2D eigenvalue weighted by Crippen LogP contribution is 2.07. The van der Waals surface area contributed by atoms with Crippen LogP contribution in [0.1, 0.15) is 19.8 Å². The van der Waals surface area contributed by atoms with Crippen LogP contribution in [0.2, 0.25) is 0 Å². The first-order valence-electron chi connectivity index (χ1n) is 7.19. The molecule has 0 saturated heterocycles. The van der Waals surface area contributed by atoms with Gasteiger partial charge in [0.05, 0.1) is 6.61 Å². The molecular formula is C16H23N2O2+. The summed E-state index contributed by atoms with van der Waals surface area (Å²) in [5, 5.41) is 0. The molecule has 4 heteroatoms. The molecule has 1 aromatic heterocycles. The SMILES string of the molecule is CCCCOC[n+]1ccn(CCOc2ccccc2)c1. The average Bonchev–Trinajstić information content (AvgIpc) is 2.93. The molecule has 0 aliphatic heterocycles. The van der Waals surface area contributed by atoms with E-state index in [9.17, 15) is 0 Å².